The highest BCUT2D eigenvalue weighted by molar-refractivity contribution is 5.90. The maximum atomic E-state index is 12.9. The van der Waals surface area contributed by atoms with Gasteiger partial charge in [0.1, 0.15) is 24.0 Å². The third-order valence-corrected chi connectivity index (χ3v) is 7.03. The lowest BCUT2D eigenvalue weighted by molar-refractivity contribution is -0.283. The van der Waals surface area contributed by atoms with E-state index >= 15 is 0 Å². The van der Waals surface area contributed by atoms with Crippen LogP contribution in [0.5, 0.6) is 11.5 Å². The standard InChI is InChI=1S/C30H33NO11/c1-6-12-36-20-14-18-13-19(31-28(33)37-15-17-10-8-7-9-11-17)26(32)38-21(18)16(2)22(20)39-27-24-23(40-29(34)41-24)25(35-5)30(3,4)42-27/h7-11,13-14,23-25,27H,6,12,15H2,1-5H3,(H,31,33)/t23-,24+,25+,27+/m0/s1. The molecule has 1 aromatic heterocycles. The molecule has 1 N–H and O–H groups in total. The molecule has 224 valence electrons. The zero-order valence-electron chi connectivity index (χ0n) is 24.0. The Labute approximate surface area is 241 Å². The molecule has 0 radical (unpaired) electrons. The normalized spacial score (nSPS) is 22.5. The second-order valence-corrected chi connectivity index (χ2v) is 10.5. The van der Waals surface area contributed by atoms with Gasteiger partial charge < -0.3 is 37.6 Å². The van der Waals surface area contributed by atoms with Crippen molar-refractivity contribution in [3.63, 3.8) is 0 Å². The number of fused-ring (bicyclic) bond motifs is 2. The highest BCUT2D eigenvalue weighted by Gasteiger charge is 2.59. The molecule has 2 aliphatic heterocycles. The summed E-state index contributed by atoms with van der Waals surface area (Å²) >= 11 is 0. The minimum Gasteiger partial charge on any atom is -0.490 e. The molecule has 1 amide bonds. The van der Waals surface area contributed by atoms with Gasteiger partial charge in [0.15, 0.2) is 17.6 Å². The summed E-state index contributed by atoms with van der Waals surface area (Å²) in [6.45, 7) is 7.63. The number of amides is 1. The SMILES string of the molecule is CCCOc1cc2cc(NC(=O)OCc3ccccc3)c(=O)oc2c(C)c1O[C@@H]1OC(C)(C)[C@H](OC)[C@H]2OC(=O)O[C@@H]12. The van der Waals surface area contributed by atoms with E-state index in [1.165, 1.54) is 13.2 Å². The predicted molar refractivity (Wildman–Crippen MR) is 149 cm³/mol. The zero-order valence-corrected chi connectivity index (χ0v) is 24.0. The number of benzene rings is 2. The molecular weight excluding hydrogens is 550 g/mol. The Morgan fingerprint density at radius 2 is 1.81 bits per heavy atom. The Kier molecular flexibility index (Phi) is 8.28. The van der Waals surface area contributed by atoms with Gasteiger partial charge in [0, 0.05) is 18.1 Å². The molecule has 0 spiro atoms. The van der Waals surface area contributed by atoms with Crippen molar-refractivity contribution < 1.29 is 47.2 Å². The summed E-state index contributed by atoms with van der Waals surface area (Å²) in [7, 11) is 1.50. The fourth-order valence-electron chi connectivity index (χ4n) is 5.09. The van der Waals surface area contributed by atoms with Crippen molar-refractivity contribution in [2.24, 2.45) is 0 Å². The predicted octanol–water partition coefficient (Wildman–Crippen LogP) is 5.07. The van der Waals surface area contributed by atoms with Gasteiger partial charge in [-0.05, 0) is 44.9 Å². The summed E-state index contributed by atoms with van der Waals surface area (Å²) in [4.78, 5) is 37.3. The van der Waals surface area contributed by atoms with Crippen LogP contribution < -0.4 is 20.4 Å². The number of ether oxygens (including phenoxy) is 7. The van der Waals surface area contributed by atoms with E-state index in [4.69, 9.17) is 37.6 Å². The largest absolute Gasteiger partial charge is 0.509 e. The van der Waals surface area contributed by atoms with Crippen molar-refractivity contribution in [3.8, 4) is 11.5 Å². The Balaban J connectivity index is 1.44. The molecule has 2 fully saturated rings. The summed E-state index contributed by atoms with van der Waals surface area (Å²) in [6.07, 6.45) is -4.35. The number of nitrogens with one attached hydrogen (secondary N) is 1. The van der Waals surface area contributed by atoms with E-state index in [2.05, 4.69) is 5.32 Å². The molecule has 12 nitrogen and oxygen atoms in total. The van der Waals surface area contributed by atoms with Crippen LogP contribution in [-0.4, -0.2) is 56.2 Å². The number of methoxy groups -OCH3 is 1. The van der Waals surface area contributed by atoms with Crippen LogP contribution in [0.2, 0.25) is 0 Å². The second-order valence-electron chi connectivity index (χ2n) is 10.5. The van der Waals surface area contributed by atoms with Crippen LogP contribution in [0.1, 0.15) is 38.3 Å². The fraction of sp³-hybridized carbons (Fsp3) is 0.433. The zero-order chi connectivity index (χ0) is 30.0. The van der Waals surface area contributed by atoms with E-state index in [0.29, 0.717) is 29.7 Å². The van der Waals surface area contributed by atoms with Gasteiger partial charge in [-0.2, -0.15) is 0 Å². The smallest absolute Gasteiger partial charge is 0.490 e. The van der Waals surface area contributed by atoms with E-state index in [0.717, 1.165) is 5.56 Å². The topological polar surface area (TPSA) is 141 Å². The molecule has 12 heteroatoms. The molecule has 2 aromatic carbocycles. The number of carbonyl (C=O) groups is 2. The van der Waals surface area contributed by atoms with Crippen molar-refractivity contribution in [2.75, 3.05) is 19.0 Å². The molecule has 0 aliphatic carbocycles. The van der Waals surface area contributed by atoms with Crippen molar-refractivity contribution >= 4 is 28.9 Å². The van der Waals surface area contributed by atoms with Crippen molar-refractivity contribution in [2.45, 2.75) is 70.9 Å². The number of anilines is 1. The minimum atomic E-state index is -1.09. The number of aryl methyl sites for hydroxylation is 1. The highest BCUT2D eigenvalue weighted by atomic mass is 16.8. The molecule has 2 saturated heterocycles. The van der Waals surface area contributed by atoms with Crippen LogP contribution in [0.15, 0.2) is 51.7 Å². The van der Waals surface area contributed by atoms with Crippen LogP contribution in [0.4, 0.5) is 15.3 Å². The van der Waals surface area contributed by atoms with Crippen molar-refractivity contribution in [1.82, 2.24) is 0 Å². The van der Waals surface area contributed by atoms with E-state index in [9.17, 15) is 14.4 Å². The Morgan fingerprint density at radius 3 is 2.52 bits per heavy atom. The van der Waals surface area contributed by atoms with Gasteiger partial charge in [0.05, 0.1) is 12.2 Å². The Morgan fingerprint density at radius 1 is 1.07 bits per heavy atom. The molecule has 42 heavy (non-hydrogen) atoms. The van der Waals surface area contributed by atoms with E-state index < -0.39 is 48.1 Å². The third-order valence-electron chi connectivity index (χ3n) is 7.03. The number of carbonyl (C=O) groups excluding carboxylic acids is 2. The number of hydrogen-bond donors (Lipinski definition) is 1. The molecule has 2 aliphatic rings. The monoisotopic (exact) mass is 583 g/mol. The van der Waals surface area contributed by atoms with Crippen molar-refractivity contribution in [3.05, 3.63) is 64.0 Å². The Bertz CT molecular complexity index is 1520. The molecule has 5 rings (SSSR count). The van der Waals surface area contributed by atoms with Crippen LogP contribution in [0, 0.1) is 6.92 Å². The van der Waals surface area contributed by atoms with Gasteiger partial charge in [0.2, 0.25) is 12.4 Å². The maximum Gasteiger partial charge on any atom is 0.509 e. The second kappa shape index (κ2) is 11.9. The first-order chi connectivity index (χ1) is 20.1. The van der Waals surface area contributed by atoms with Gasteiger partial charge in [0.25, 0.3) is 0 Å². The lowest BCUT2D eigenvalue weighted by Gasteiger charge is -2.45. The van der Waals surface area contributed by atoms with Gasteiger partial charge in [-0.15, -0.1) is 0 Å². The maximum absolute atomic E-state index is 12.9. The summed E-state index contributed by atoms with van der Waals surface area (Å²) in [5, 5.41) is 2.92. The summed E-state index contributed by atoms with van der Waals surface area (Å²) in [5.74, 6) is 0.575. The van der Waals surface area contributed by atoms with Gasteiger partial charge >= 0.3 is 17.9 Å². The summed E-state index contributed by atoms with van der Waals surface area (Å²) in [6, 6.07) is 12.3. The molecular formula is C30H33NO11. The first-order valence-corrected chi connectivity index (χ1v) is 13.6. The average Bonchev–Trinajstić information content (AvgIpc) is 3.34. The first kappa shape index (κ1) is 29.2. The quantitative estimate of drug-likeness (QED) is 0.267. The Hall–Kier alpha value is -4.29. The van der Waals surface area contributed by atoms with Gasteiger partial charge in [-0.3, -0.25) is 5.32 Å². The molecule has 0 unspecified atom stereocenters. The minimum absolute atomic E-state index is 0.0355. The molecule has 0 saturated carbocycles. The third kappa shape index (κ3) is 5.86. The molecule has 3 aromatic rings. The van der Waals surface area contributed by atoms with Crippen LogP contribution in [-0.2, 0) is 30.3 Å². The van der Waals surface area contributed by atoms with E-state index in [1.807, 2.05) is 37.3 Å². The van der Waals surface area contributed by atoms with Crippen LogP contribution >= 0.6 is 0 Å². The molecule has 3 heterocycles. The van der Waals surface area contributed by atoms with E-state index in [1.54, 1.807) is 26.8 Å². The number of rotatable bonds is 9. The lowest BCUT2D eigenvalue weighted by atomic mass is 9.89. The lowest BCUT2D eigenvalue weighted by Crippen LogP contribution is -2.62. The fourth-order valence-corrected chi connectivity index (χ4v) is 5.09. The summed E-state index contributed by atoms with van der Waals surface area (Å²) in [5.41, 5.74) is -0.351. The molecule has 0 bridgehead atoms. The van der Waals surface area contributed by atoms with E-state index in [-0.39, 0.29) is 23.6 Å². The van der Waals surface area contributed by atoms with Crippen LogP contribution in [0.25, 0.3) is 11.0 Å². The average molecular weight is 584 g/mol. The summed E-state index contributed by atoms with van der Waals surface area (Å²) < 4.78 is 45.7. The van der Waals surface area contributed by atoms with Crippen molar-refractivity contribution in [1.29, 1.82) is 0 Å². The number of hydrogen-bond acceptors (Lipinski definition) is 11. The van der Waals surface area contributed by atoms with Gasteiger partial charge in [-0.1, -0.05) is 37.3 Å². The molecule has 4 atom stereocenters. The first-order valence-electron chi connectivity index (χ1n) is 13.6. The van der Waals surface area contributed by atoms with Crippen LogP contribution in [0.3, 0.4) is 0 Å². The highest BCUT2D eigenvalue weighted by Crippen LogP contribution is 2.43. The van der Waals surface area contributed by atoms with Gasteiger partial charge in [-0.25, -0.2) is 14.4 Å².